The Bertz CT molecular complexity index is 825. The Kier molecular flexibility index (Phi) is 4.63. The summed E-state index contributed by atoms with van der Waals surface area (Å²) in [6.07, 6.45) is 6.61. The van der Waals surface area contributed by atoms with Gasteiger partial charge in [0.05, 0.1) is 28.5 Å². The standard InChI is InChI=1S/C15H18N4O4S/c20-15(21)12-9-13(19-8-5-16-17-19)11-14(10-12)24(22,23)18-6-3-1-2-4-7-18/h5,8-11H,1-4,6-7H2,(H,20,21). The van der Waals surface area contributed by atoms with Crippen molar-refractivity contribution >= 4 is 16.0 Å². The summed E-state index contributed by atoms with van der Waals surface area (Å²) in [7, 11) is -3.75. The molecule has 0 unspecified atom stereocenters. The van der Waals surface area contributed by atoms with Crippen LogP contribution in [0.1, 0.15) is 36.0 Å². The molecule has 9 heteroatoms. The Morgan fingerprint density at radius 2 is 1.79 bits per heavy atom. The van der Waals surface area contributed by atoms with Crippen LogP contribution in [0.5, 0.6) is 0 Å². The fraction of sp³-hybridized carbons (Fsp3) is 0.400. The topological polar surface area (TPSA) is 105 Å². The number of carbonyl (C=O) groups is 1. The average Bonchev–Trinajstić information content (AvgIpc) is 2.96. The molecule has 0 bridgehead atoms. The zero-order valence-corrected chi connectivity index (χ0v) is 13.8. The minimum absolute atomic E-state index is 0.0326. The molecular formula is C15H18N4O4S. The van der Waals surface area contributed by atoms with E-state index in [-0.39, 0.29) is 10.5 Å². The van der Waals surface area contributed by atoms with Crippen LogP contribution in [0.4, 0.5) is 0 Å². The van der Waals surface area contributed by atoms with Crippen molar-refractivity contribution in [1.29, 1.82) is 0 Å². The van der Waals surface area contributed by atoms with Crippen LogP contribution in [0, 0.1) is 0 Å². The quantitative estimate of drug-likeness (QED) is 0.896. The van der Waals surface area contributed by atoms with Gasteiger partial charge < -0.3 is 5.11 Å². The monoisotopic (exact) mass is 350 g/mol. The maximum atomic E-state index is 12.9. The van der Waals surface area contributed by atoms with E-state index in [4.69, 9.17) is 0 Å². The number of carboxylic acids is 1. The lowest BCUT2D eigenvalue weighted by Crippen LogP contribution is -2.32. The maximum Gasteiger partial charge on any atom is 0.335 e. The van der Waals surface area contributed by atoms with E-state index in [1.165, 1.54) is 39.6 Å². The molecule has 2 heterocycles. The van der Waals surface area contributed by atoms with Gasteiger partial charge in [-0.1, -0.05) is 18.1 Å². The van der Waals surface area contributed by atoms with Crippen LogP contribution in [-0.4, -0.2) is 51.9 Å². The third kappa shape index (κ3) is 3.31. The highest BCUT2D eigenvalue weighted by Crippen LogP contribution is 2.24. The van der Waals surface area contributed by atoms with Crippen LogP contribution >= 0.6 is 0 Å². The molecule has 1 N–H and O–H groups in total. The van der Waals surface area contributed by atoms with Crippen molar-refractivity contribution in [1.82, 2.24) is 19.3 Å². The molecule has 1 aromatic carbocycles. The Morgan fingerprint density at radius 3 is 2.38 bits per heavy atom. The molecule has 2 aromatic rings. The van der Waals surface area contributed by atoms with Gasteiger partial charge in [-0.3, -0.25) is 0 Å². The molecule has 1 fully saturated rings. The van der Waals surface area contributed by atoms with Gasteiger partial charge in [0.15, 0.2) is 0 Å². The van der Waals surface area contributed by atoms with Crippen molar-refractivity contribution in [3.8, 4) is 5.69 Å². The Hall–Kier alpha value is -2.26. The highest BCUT2D eigenvalue weighted by molar-refractivity contribution is 7.89. The van der Waals surface area contributed by atoms with Crippen LogP contribution in [0.15, 0.2) is 35.5 Å². The van der Waals surface area contributed by atoms with E-state index in [0.29, 0.717) is 18.8 Å². The highest BCUT2D eigenvalue weighted by Gasteiger charge is 2.27. The van der Waals surface area contributed by atoms with Crippen molar-refractivity contribution in [2.24, 2.45) is 0 Å². The van der Waals surface area contributed by atoms with Gasteiger partial charge >= 0.3 is 5.97 Å². The second-order valence-electron chi connectivity index (χ2n) is 5.69. The van der Waals surface area contributed by atoms with E-state index in [1.54, 1.807) is 0 Å². The van der Waals surface area contributed by atoms with Gasteiger partial charge in [0.25, 0.3) is 0 Å². The summed E-state index contributed by atoms with van der Waals surface area (Å²) in [6.45, 7) is 0.913. The molecule has 0 amide bonds. The zero-order chi connectivity index (χ0) is 17.2. The number of carboxylic acid groups (broad SMARTS) is 1. The van der Waals surface area contributed by atoms with Gasteiger partial charge in [-0.2, -0.15) is 4.31 Å². The van der Waals surface area contributed by atoms with Crippen LogP contribution in [0.3, 0.4) is 0 Å². The lowest BCUT2D eigenvalue weighted by molar-refractivity contribution is 0.0696. The Labute approximate surface area is 139 Å². The van der Waals surface area contributed by atoms with Crippen molar-refractivity contribution < 1.29 is 18.3 Å². The fourth-order valence-corrected chi connectivity index (χ4v) is 4.35. The lowest BCUT2D eigenvalue weighted by atomic mass is 10.2. The van der Waals surface area contributed by atoms with Crippen molar-refractivity contribution in [2.75, 3.05) is 13.1 Å². The summed E-state index contributed by atoms with van der Waals surface area (Å²) in [4.78, 5) is 11.3. The Morgan fingerprint density at radius 1 is 1.08 bits per heavy atom. The summed E-state index contributed by atoms with van der Waals surface area (Å²) in [5.41, 5.74) is 0.247. The molecule has 1 aliphatic rings. The number of benzene rings is 1. The minimum atomic E-state index is -3.75. The SMILES string of the molecule is O=C(O)c1cc(-n2ccnn2)cc(S(=O)(=O)N2CCCCCC2)c1. The van der Waals surface area contributed by atoms with Gasteiger partial charge in [-0.05, 0) is 31.0 Å². The summed E-state index contributed by atoms with van der Waals surface area (Å²) < 4.78 is 28.6. The largest absolute Gasteiger partial charge is 0.478 e. The van der Waals surface area contributed by atoms with E-state index in [0.717, 1.165) is 25.7 Å². The first-order chi connectivity index (χ1) is 11.5. The van der Waals surface area contributed by atoms with Gasteiger partial charge in [-0.25, -0.2) is 17.9 Å². The maximum absolute atomic E-state index is 12.9. The molecule has 0 aliphatic carbocycles. The first-order valence-electron chi connectivity index (χ1n) is 7.74. The minimum Gasteiger partial charge on any atom is -0.478 e. The number of hydrogen-bond donors (Lipinski definition) is 1. The van der Waals surface area contributed by atoms with E-state index < -0.39 is 16.0 Å². The van der Waals surface area contributed by atoms with Crippen LogP contribution < -0.4 is 0 Å². The van der Waals surface area contributed by atoms with Crippen LogP contribution in [-0.2, 0) is 10.0 Å². The molecule has 0 spiro atoms. The van der Waals surface area contributed by atoms with Gasteiger partial charge in [-0.15, -0.1) is 5.10 Å². The molecule has 1 saturated heterocycles. The van der Waals surface area contributed by atoms with E-state index in [9.17, 15) is 18.3 Å². The molecule has 0 atom stereocenters. The predicted molar refractivity (Wildman–Crippen MR) is 85.5 cm³/mol. The zero-order valence-electron chi connectivity index (χ0n) is 13.0. The van der Waals surface area contributed by atoms with Crippen LogP contribution in [0.2, 0.25) is 0 Å². The number of nitrogens with zero attached hydrogens (tertiary/aromatic N) is 4. The molecule has 0 saturated carbocycles. The molecule has 3 rings (SSSR count). The number of hydrogen-bond acceptors (Lipinski definition) is 5. The van der Waals surface area contributed by atoms with Crippen LogP contribution in [0.25, 0.3) is 5.69 Å². The van der Waals surface area contributed by atoms with E-state index in [1.807, 2.05) is 0 Å². The predicted octanol–water partition coefficient (Wildman–Crippen LogP) is 1.53. The number of aromatic nitrogens is 3. The number of rotatable bonds is 4. The van der Waals surface area contributed by atoms with Gasteiger partial charge in [0, 0.05) is 13.1 Å². The van der Waals surface area contributed by atoms with Crippen molar-refractivity contribution in [3.63, 3.8) is 0 Å². The number of sulfonamides is 1. The molecule has 128 valence electrons. The second kappa shape index (κ2) is 6.70. The first-order valence-corrected chi connectivity index (χ1v) is 9.18. The summed E-state index contributed by atoms with van der Waals surface area (Å²) >= 11 is 0. The van der Waals surface area contributed by atoms with Gasteiger partial charge in [0.1, 0.15) is 0 Å². The fourth-order valence-electron chi connectivity index (χ4n) is 2.77. The summed E-state index contributed by atoms with van der Waals surface area (Å²) in [6, 6.07) is 4.00. The molecular weight excluding hydrogens is 332 g/mol. The normalized spacial score (nSPS) is 16.7. The Balaban J connectivity index is 2.07. The third-order valence-corrected chi connectivity index (χ3v) is 5.90. The lowest BCUT2D eigenvalue weighted by Gasteiger charge is -2.20. The smallest absolute Gasteiger partial charge is 0.335 e. The van der Waals surface area contributed by atoms with Crippen molar-refractivity contribution in [2.45, 2.75) is 30.6 Å². The summed E-state index contributed by atoms with van der Waals surface area (Å²) in [5.74, 6) is -1.19. The van der Waals surface area contributed by atoms with E-state index in [2.05, 4.69) is 10.3 Å². The van der Waals surface area contributed by atoms with Gasteiger partial charge in [0.2, 0.25) is 10.0 Å². The van der Waals surface area contributed by atoms with Crippen molar-refractivity contribution in [3.05, 3.63) is 36.2 Å². The molecule has 0 radical (unpaired) electrons. The number of aromatic carboxylic acids is 1. The average molecular weight is 350 g/mol. The first kappa shape index (κ1) is 16.6. The molecule has 8 nitrogen and oxygen atoms in total. The summed E-state index contributed by atoms with van der Waals surface area (Å²) in [5, 5.41) is 16.8. The highest BCUT2D eigenvalue weighted by atomic mass is 32.2. The molecule has 24 heavy (non-hydrogen) atoms. The van der Waals surface area contributed by atoms with E-state index >= 15 is 0 Å². The molecule has 1 aromatic heterocycles. The third-order valence-electron chi connectivity index (χ3n) is 4.03. The second-order valence-corrected chi connectivity index (χ2v) is 7.62. The molecule has 1 aliphatic heterocycles.